The summed E-state index contributed by atoms with van der Waals surface area (Å²) in [6, 6.07) is 14.1. The Labute approximate surface area is 181 Å². The third-order valence-corrected chi connectivity index (χ3v) is 5.39. The van der Waals surface area contributed by atoms with Gasteiger partial charge in [-0.05, 0) is 41.5 Å². The third kappa shape index (κ3) is 5.23. The summed E-state index contributed by atoms with van der Waals surface area (Å²) in [4.78, 5) is 36.0. The van der Waals surface area contributed by atoms with Crippen LogP contribution in [-0.4, -0.2) is 41.8 Å². The van der Waals surface area contributed by atoms with Crippen molar-refractivity contribution in [3.63, 3.8) is 0 Å². The fourth-order valence-corrected chi connectivity index (χ4v) is 3.87. The van der Waals surface area contributed by atoms with Crippen molar-refractivity contribution in [2.45, 2.75) is 45.2 Å². The third-order valence-electron chi connectivity index (χ3n) is 5.39. The Morgan fingerprint density at radius 1 is 0.935 bits per heavy atom. The summed E-state index contributed by atoms with van der Waals surface area (Å²) in [7, 11) is 0. The smallest absolute Gasteiger partial charge is 0.407 e. The maximum atomic E-state index is 12.3. The summed E-state index contributed by atoms with van der Waals surface area (Å²) in [5, 5.41) is 14.2. The predicted octanol–water partition coefficient (Wildman–Crippen LogP) is 3.53. The second kappa shape index (κ2) is 9.64. The number of ether oxygens (including phenoxy) is 1. The van der Waals surface area contributed by atoms with E-state index in [-0.39, 0.29) is 18.4 Å². The van der Waals surface area contributed by atoms with Crippen LogP contribution in [0.25, 0.3) is 11.1 Å². The summed E-state index contributed by atoms with van der Waals surface area (Å²) in [6.07, 6.45) is -0.418. The first-order valence-corrected chi connectivity index (χ1v) is 10.4. The SMILES string of the molecule is CC(C)C[C@H](NC(=O)C(C)NC(=O)OCC1c2ccccc2-c2ccccc21)C(=O)O. The molecule has 3 N–H and O–H groups in total. The van der Waals surface area contributed by atoms with Gasteiger partial charge >= 0.3 is 12.1 Å². The Balaban J connectivity index is 1.58. The van der Waals surface area contributed by atoms with Gasteiger partial charge in [-0.1, -0.05) is 62.4 Å². The molecule has 2 atom stereocenters. The van der Waals surface area contributed by atoms with Crippen LogP contribution in [0.1, 0.15) is 44.2 Å². The molecule has 2 aromatic rings. The van der Waals surface area contributed by atoms with Crippen molar-refractivity contribution in [3.05, 3.63) is 59.7 Å². The molecule has 0 heterocycles. The molecule has 0 bridgehead atoms. The maximum Gasteiger partial charge on any atom is 0.407 e. The number of hydrogen-bond donors (Lipinski definition) is 3. The largest absolute Gasteiger partial charge is 0.480 e. The molecule has 7 nitrogen and oxygen atoms in total. The van der Waals surface area contributed by atoms with E-state index in [9.17, 15) is 19.5 Å². The minimum Gasteiger partial charge on any atom is -0.480 e. The summed E-state index contributed by atoms with van der Waals surface area (Å²) in [5.41, 5.74) is 4.45. The topological polar surface area (TPSA) is 105 Å². The number of carbonyl (C=O) groups excluding carboxylic acids is 2. The van der Waals surface area contributed by atoms with Crippen molar-refractivity contribution in [1.29, 1.82) is 0 Å². The number of alkyl carbamates (subject to hydrolysis) is 1. The molecular weight excluding hydrogens is 396 g/mol. The predicted molar refractivity (Wildman–Crippen MR) is 117 cm³/mol. The highest BCUT2D eigenvalue weighted by molar-refractivity contribution is 5.89. The highest BCUT2D eigenvalue weighted by atomic mass is 16.5. The Bertz CT molecular complexity index is 926. The van der Waals surface area contributed by atoms with Crippen LogP contribution in [-0.2, 0) is 14.3 Å². The summed E-state index contributed by atoms with van der Waals surface area (Å²) in [6.45, 7) is 5.38. The van der Waals surface area contributed by atoms with Gasteiger partial charge in [-0.15, -0.1) is 0 Å². The maximum absolute atomic E-state index is 12.3. The average molecular weight is 424 g/mol. The summed E-state index contributed by atoms with van der Waals surface area (Å²) < 4.78 is 5.43. The molecule has 0 spiro atoms. The van der Waals surface area contributed by atoms with Gasteiger partial charge in [0.05, 0.1) is 0 Å². The van der Waals surface area contributed by atoms with Crippen molar-refractivity contribution < 1.29 is 24.2 Å². The molecule has 2 amide bonds. The van der Waals surface area contributed by atoms with Crippen LogP contribution in [0, 0.1) is 5.92 Å². The number of benzene rings is 2. The second-order valence-electron chi connectivity index (χ2n) is 8.22. The lowest BCUT2D eigenvalue weighted by molar-refractivity contribution is -0.142. The fraction of sp³-hybridized carbons (Fsp3) is 0.375. The Hall–Kier alpha value is -3.35. The van der Waals surface area contributed by atoms with E-state index in [4.69, 9.17) is 4.74 Å². The van der Waals surface area contributed by atoms with Gasteiger partial charge in [0.25, 0.3) is 0 Å². The average Bonchev–Trinajstić information content (AvgIpc) is 3.05. The Morgan fingerprint density at radius 3 is 2.00 bits per heavy atom. The standard InChI is InChI=1S/C24H28N2O5/c1-14(2)12-21(23(28)29)26-22(27)15(3)25-24(30)31-13-20-18-10-6-4-8-16(18)17-9-5-7-11-19(17)20/h4-11,14-15,20-21H,12-13H2,1-3H3,(H,25,30)(H,26,27)(H,28,29)/t15?,21-/m0/s1. The van der Waals surface area contributed by atoms with Crippen LogP contribution in [0.3, 0.4) is 0 Å². The highest BCUT2D eigenvalue weighted by Gasteiger charge is 2.30. The van der Waals surface area contributed by atoms with Crippen LogP contribution in [0.5, 0.6) is 0 Å². The lowest BCUT2D eigenvalue weighted by atomic mass is 9.98. The number of fused-ring (bicyclic) bond motifs is 3. The number of amides is 2. The van der Waals surface area contributed by atoms with Crippen molar-refractivity contribution >= 4 is 18.0 Å². The van der Waals surface area contributed by atoms with E-state index in [0.29, 0.717) is 6.42 Å². The zero-order valence-electron chi connectivity index (χ0n) is 17.9. The van der Waals surface area contributed by atoms with Crippen LogP contribution in [0.15, 0.2) is 48.5 Å². The van der Waals surface area contributed by atoms with Gasteiger partial charge < -0.3 is 20.5 Å². The van der Waals surface area contributed by atoms with Crippen molar-refractivity contribution in [2.24, 2.45) is 5.92 Å². The van der Waals surface area contributed by atoms with Gasteiger partial charge in [0.1, 0.15) is 18.7 Å². The van der Waals surface area contributed by atoms with Crippen molar-refractivity contribution in [1.82, 2.24) is 10.6 Å². The van der Waals surface area contributed by atoms with E-state index in [1.807, 2.05) is 50.2 Å². The molecule has 7 heteroatoms. The number of hydrogen-bond acceptors (Lipinski definition) is 4. The van der Waals surface area contributed by atoms with E-state index in [0.717, 1.165) is 22.3 Å². The van der Waals surface area contributed by atoms with Gasteiger partial charge in [-0.2, -0.15) is 0 Å². The van der Waals surface area contributed by atoms with Crippen molar-refractivity contribution in [2.75, 3.05) is 6.61 Å². The van der Waals surface area contributed by atoms with Gasteiger partial charge in [-0.3, -0.25) is 4.79 Å². The zero-order valence-corrected chi connectivity index (χ0v) is 17.9. The molecule has 164 valence electrons. The number of nitrogens with one attached hydrogen (secondary N) is 2. The minimum atomic E-state index is -1.10. The van der Waals surface area contributed by atoms with Crippen LogP contribution in [0.4, 0.5) is 4.79 Å². The van der Waals surface area contributed by atoms with Crippen LogP contribution in [0.2, 0.25) is 0 Å². The summed E-state index contributed by atoms with van der Waals surface area (Å²) in [5.74, 6) is -1.64. The van der Waals surface area contributed by atoms with Crippen LogP contribution < -0.4 is 10.6 Å². The number of rotatable bonds is 8. The molecule has 0 aromatic heterocycles. The number of carboxylic acid groups (broad SMARTS) is 1. The molecule has 1 unspecified atom stereocenters. The molecule has 0 radical (unpaired) electrons. The summed E-state index contributed by atoms with van der Waals surface area (Å²) >= 11 is 0. The van der Waals surface area contributed by atoms with E-state index in [2.05, 4.69) is 22.8 Å². The molecule has 31 heavy (non-hydrogen) atoms. The number of carboxylic acids is 1. The lowest BCUT2D eigenvalue weighted by Gasteiger charge is -2.20. The molecule has 0 saturated heterocycles. The number of aliphatic carboxylic acids is 1. The number of carbonyl (C=O) groups is 3. The van der Waals surface area contributed by atoms with Gasteiger partial charge in [-0.25, -0.2) is 9.59 Å². The molecule has 0 fully saturated rings. The molecule has 0 aliphatic heterocycles. The van der Waals surface area contributed by atoms with Gasteiger partial charge in [0.2, 0.25) is 5.91 Å². The van der Waals surface area contributed by atoms with E-state index in [1.165, 1.54) is 6.92 Å². The van der Waals surface area contributed by atoms with E-state index in [1.54, 1.807) is 0 Å². The van der Waals surface area contributed by atoms with Gasteiger partial charge in [0.15, 0.2) is 0 Å². The van der Waals surface area contributed by atoms with Crippen LogP contribution >= 0.6 is 0 Å². The molecule has 2 aromatic carbocycles. The second-order valence-corrected chi connectivity index (χ2v) is 8.22. The minimum absolute atomic E-state index is 0.0790. The molecule has 1 aliphatic carbocycles. The quantitative estimate of drug-likeness (QED) is 0.601. The molecular formula is C24H28N2O5. The van der Waals surface area contributed by atoms with E-state index >= 15 is 0 Å². The monoisotopic (exact) mass is 424 g/mol. The molecule has 0 saturated carbocycles. The van der Waals surface area contributed by atoms with Crippen molar-refractivity contribution in [3.8, 4) is 11.1 Å². The molecule has 3 rings (SSSR count). The Kier molecular flexibility index (Phi) is 6.95. The normalized spacial score (nSPS) is 14.3. The first-order valence-electron chi connectivity index (χ1n) is 10.4. The van der Waals surface area contributed by atoms with E-state index < -0.39 is 30.1 Å². The first kappa shape index (κ1) is 22.3. The fourth-order valence-electron chi connectivity index (χ4n) is 3.87. The highest BCUT2D eigenvalue weighted by Crippen LogP contribution is 2.44. The first-order chi connectivity index (χ1) is 14.8. The molecule has 1 aliphatic rings. The Morgan fingerprint density at radius 2 is 1.48 bits per heavy atom. The zero-order chi connectivity index (χ0) is 22.5. The lowest BCUT2D eigenvalue weighted by Crippen LogP contribution is -2.50. The van der Waals surface area contributed by atoms with Gasteiger partial charge in [0, 0.05) is 5.92 Å².